The van der Waals surface area contributed by atoms with Crippen LogP contribution in [0.4, 0.5) is 0 Å². The van der Waals surface area contributed by atoms with Gasteiger partial charge in [0.05, 0.1) is 5.41 Å². The molecule has 0 unspecified atom stereocenters. The van der Waals surface area contributed by atoms with Gasteiger partial charge in [-0.25, -0.2) is 0 Å². The van der Waals surface area contributed by atoms with Gasteiger partial charge in [0.2, 0.25) is 0 Å². The predicted molar refractivity (Wildman–Crippen MR) is 66.6 cm³/mol. The molecular formula is C15H20O2. The fourth-order valence-corrected chi connectivity index (χ4v) is 4.11. The summed E-state index contributed by atoms with van der Waals surface area (Å²) < 4.78 is 6.32. The fraction of sp³-hybridized carbons (Fsp3) is 0.667. The van der Waals surface area contributed by atoms with Crippen molar-refractivity contribution < 1.29 is 9.53 Å². The molecule has 0 aromatic heterocycles. The normalized spacial score (nSPS) is 50.8. The zero-order valence-corrected chi connectivity index (χ0v) is 11.1. The zero-order valence-electron chi connectivity index (χ0n) is 11.1. The number of carbonyl (C=O) groups excluding carboxylic acids is 1. The van der Waals surface area contributed by atoms with Crippen molar-refractivity contribution in [2.75, 3.05) is 0 Å². The molecule has 0 aromatic carbocycles. The van der Waals surface area contributed by atoms with Gasteiger partial charge in [0.15, 0.2) is 0 Å². The summed E-state index contributed by atoms with van der Waals surface area (Å²) >= 11 is 0. The Bertz CT molecular complexity index is 473. The summed E-state index contributed by atoms with van der Waals surface area (Å²) in [5, 5.41) is 0. The molecule has 1 saturated carbocycles. The number of fused-ring (bicyclic) bond motifs is 1. The van der Waals surface area contributed by atoms with Gasteiger partial charge in [-0.2, -0.15) is 0 Å². The SMILES string of the molecule is C=C1[C@@]2(C)C(=O)CCC(C)(C)[C@]23C=C[C@@]1(C)O3. The average molecular weight is 232 g/mol. The van der Waals surface area contributed by atoms with Gasteiger partial charge in [0.1, 0.15) is 17.0 Å². The molecule has 1 aliphatic carbocycles. The highest BCUT2D eigenvalue weighted by atomic mass is 16.5. The maximum absolute atomic E-state index is 12.4. The molecule has 2 fully saturated rings. The Labute approximate surface area is 103 Å². The molecule has 3 aliphatic rings. The second-order valence-electron chi connectivity index (χ2n) is 6.69. The van der Waals surface area contributed by atoms with Gasteiger partial charge >= 0.3 is 0 Å². The molecule has 0 aromatic rings. The fourth-order valence-electron chi connectivity index (χ4n) is 4.11. The zero-order chi connectivity index (χ0) is 12.7. The van der Waals surface area contributed by atoms with Crippen LogP contribution < -0.4 is 0 Å². The van der Waals surface area contributed by atoms with Crippen LogP contribution in [0.1, 0.15) is 40.5 Å². The molecular weight excluding hydrogens is 212 g/mol. The van der Waals surface area contributed by atoms with Crippen molar-refractivity contribution in [2.24, 2.45) is 10.8 Å². The molecule has 3 atom stereocenters. The van der Waals surface area contributed by atoms with E-state index in [0.29, 0.717) is 6.42 Å². The highest BCUT2D eigenvalue weighted by Gasteiger charge is 2.74. The number of ketones is 1. The van der Waals surface area contributed by atoms with Crippen molar-refractivity contribution >= 4 is 5.78 Å². The van der Waals surface area contributed by atoms with E-state index >= 15 is 0 Å². The Morgan fingerprint density at radius 2 is 1.88 bits per heavy atom. The van der Waals surface area contributed by atoms with E-state index < -0.39 is 16.6 Å². The highest BCUT2D eigenvalue weighted by molar-refractivity contribution is 5.93. The van der Waals surface area contributed by atoms with Crippen LogP contribution in [0.5, 0.6) is 0 Å². The van der Waals surface area contributed by atoms with Gasteiger partial charge in [-0.05, 0) is 37.3 Å². The summed E-state index contributed by atoms with van der Waals surface area (Å²) in [7, 11) is 0. The molecule has 2 heterocycles. The summed E-state index contributed by atoms with van der Waals surface area (Å²) in [6, 6.07) is 0. The molecule has 1 spiro atoms. The van der Waals surface area contributed by atoms with E-state index in [1.807, 2.05) is 13.8 Å². The Kier molecular flexibility index (Phi) is 1.71. The molecule has 2 heteroatoms. The molecule has 1 saturated heterocycles. The molecule has 2 nitrogen and oxygen atoms in total. The third-order valence-corrected chi connectivity index (χ3v) is 5.49. The Hall–Kier alpha value is -0.890. The molecule has 0 N–H and O–H groups in total. The lowest BCUT2D eigenvalue weighted by Crippen LogP contribution is -2.60. The smallest absolute Gasteiger partial charge is 0.146 e. The third kappa shape index (κ3) is 0.887. The molecule has 0 amide bonds. The van der Waals surface area contributed by atoms with Gasteiger partial charge in [-0.15, -0.1) is 0 Å². The van der Waals surface area contributed by atoms with Crippen LogP contribution in [0.25, 0.3) is 0 Å². The maximum atomic E-state index is 12.4. The van der Waals surface area contributed by atoms with Crippen LogP contribution in [0.2, 0.25) is 0 Å². The van der Waals surface area contributed by atoms with E-state index in [4.69, 9.17) is 4.74 Å². The lowest BCUT2D eigenvalue weighted by molar-refractivity contribution is -0.164. The number of rotatable bonds is 0. The average Bonchev–Trinajstić information content (AvgIpc) is 2.70. The van der Waals surface area contributed by atoms with Gasteiger partial charge in [-0.3, -0.25) is 4.79 Å². The van der Waals surface area contributed by atoms with Gasteiger partial charge in [0.25, 0.3) is 0 Å². The summed E-state index contributed by atoms with van der Waals surface area (Å²) in [5.74, 6) is 0.287. The first-order valence-electron chi connectivity index (χ1n) is 6.33. The van der Waals surface area contributed by atoms with Gasteiger partial charge < -0.3 is 4.74 Å². The van der Waals surface area contributed by atoms with Crippen molar-refractivity contribution in [1.82, 2.24) is 0 Å². The summed E-state index contributed by atoms with van der Waals surface area (Å²) in [6.07, 6.45) is 5.73. The van der Waals surface area contributed by atoms with Gasteiger partial charge in [-0.1, -0.05) is 26.5 Å². The van der Waals surface area contributed by atoms with E-state index in [0.717, 1.165) is 12.0 Å². The minimum absolute atomic E-state index is 0.0244. The third-order valence-electron chi connectivity index (χ3n) is 5.49. The van der Waals surface area contributed by atoms with Crippen LogP contribution in [0, 0.1) is 10.8 Å². The predicted octanol–water partition coefficient (Wildman–Crippen LogP) is 3.04. The molecule has 92 valence electrons. The lowest BCUT2D eigenvalue weighted by Gasteiger charge is -2.53. The monoisotopic (exact) mass is 232 g/mol. The standard InChI is InChI=1S/C15H20O2/c1-10-13(4)8-9-15(17-13)12(2,3)7-6-11(16)14(10,15)5/h8-9H,1,6-7H2,2-5H3/t13-,14+,15-/m1/s1. The Morgan fingerprint density at radius 3 is 2.47 bits per heavy atom. The highest BCUT2D eigenvalue weighted by Crippen LogP contribution is 2.68. The van der Waals surface area contributed by atoms with E-state index in [1.165, 1.54) is 0 Å². The van der Waals surface area contributed by atoms with Crippen molar-refractivity contribution in [3.63, 3.8) is 0 Å². The van der Waals surface area contributed by atoms with Crippen molar-refractivity contribution in [3.8, 4) is 0 Å². The molecule has 2 bridgehead atoms. The second kappa shape index (κ2) is 2.59. The van der Waals surface area contributed by atoms with Crippen LogP contribution in [-0.4, -0.2) is 17.0 Å². The van der Waals surface area contributed by atoms with E-state index in [1.54, 1.807) is 0 Å². The topological polar surface area (TPSA) is 26.3 Å². The molecule has 17 heavy (non-hydrogen) atoms. The lowest BCUT2D eigenvalue weighted by atomic mass is 9.49. The van der Waals surface area contributed by atoms with Crippen LogP contribution >= 0.6 is 0 Å². The summed E-state index contributed by atoms with van der Waals surface area (Å²) in [5.41, 5.74) is -0.570. The number of hydrogen-bond acceptors (Lipinski definition) is 2. The molecule has 0 radical (unpaired) electrons. The number of ether oxygens (including phenoxy) is 1. The maximum Gasteiger partial charge on any atom is 0.146 e. The van der Waals surface area contributed by atoms with Crippen molar-refractivity contribution in [2.45, 2.75) is 51.7 Å². The largest absolute Gasteiger partial charge is 0.354 e. The Balaban J connectivity index is 2.30. The van der Waals surface area contributed by atoms with Gasteiger partial charge in [0, 0.05) is 6.42 Å². The van der Waals surface area contributed by atoms with E-state index in [-0.39, 0.29) is 11.2 Å². The van der Waals surface area contributed by atoms with Crippen molar-refractivity contribution in [1.29, 1.82) is 0 Å². The Morgan fingerprint density at radius 1 is 1.24 bits per heavy atom. The number of hydrogen-bond donors (Lipinski definition) is 0. The van der Waals surface area contributed by atoms with E-state index in [9.17, 15) is 4.79 Å². The van der Waals surface area contributed by atoms with Crippen LogP contribution in [0.15, 0.2) is 24.3 Å². The first kappa shape index (κ1) is 11.2. The first-order chi connectivity index (χ1) is 7.70. The quantitative estimate of drug-likeness (QED) is 0.600. The summed E-state index contributed by atoms with van der Waals surface area (Å²) in [6.45, 7) is 12.6. The van der Waals surface area contributed by atoms with Crippen LogP contribution in [0.3, 0.4) is 0 Å². The first-order valence-corrected chi connectivity index (χ1v) is 6.33. The minimum atomic E-state index is -0.543. The number of carbonyl (C=O) groups is 1. The molecule has 3 rings (SSSR count). The molecule has 2 aliphatic heterocycles. The van der Waals surface area contributed by atoms with Crippen LogP contribution in [-0.2, 0) is 9.53 Å². The minimum Gasteiger partial charge on any atom is -0.354 e. The van der Waals surface area contributed by atoms with Crippen molar-refractivity contribution in [3.05, 3.63) is 24.3 Å². The summed E-state index contributed by atoms with van der Waals surface area (Å²) in [4.78, 5) is 12.4. The second-order valence-corrected chi connectivity index (χ2v) is 6.69. The number of Topliss-reactive ketones (excluding diaryl/α,β-unsaturated/α-hetero) is 1. The van der Waals surface area contributed by atoms with E-state index in [2.05, 4.69) is 32.6 Å².